The maximum absolute atomic E-state index is 11.1. The van der Waals surface area contributed by atoms with Crippen molar-refractivity contribution in [2.45, 2.75) is 20.8 Å². The number of hydrogen-bond donors (Lipinski definition) is 1. The molecule has 0 fully saturated rings. The third-order valence-electron chi connectivity index (χ3n) is 2.26. The van der Waals surface area contributed by atoms with Gasteiger partial charge in [-0.05, 0) is 40.9 Å². The van der Waals surface area contributed by atoms with Gasteiger partial charge in [-0.1, -0.05) is 13.8 Å². The van der Waals surface area contributed by atoms with Crippen molar-refractivity contribution in [1.82, 2.24) is 4.98 Å². The molecule has 4 nitrogen and oxygen atoms in total. The van der Waals surface area contributed by atoms with E-state index in [1.54, 1.807) is 0 Å². The number of carbonyl (C=O) groups is 1. The number of aromatic nitrogens is 1. The molecule has 0 bridgehead atoms. The van der Waals surface area contributed by atoms with E-state index in [0.717, 1.165) is 22.5 Å². The lowest BCUT2D eigenvalue weighted by Gasteiger charge is -2.24. The number of amides is 1. The average Bonchev–Trinajstić information content (AvgIpc) is 2.19. The van der Waals surface area contributed by atoms with Crippen LogP contribution in [-0.4, -0.2) is 24.0 Å². The molecule has 1 heterocycles. The number of halogens is 1. The van der Waals surface area contributed by atoms with Crippen molar-refractivity contribution in [3.8, 4) is 0 Å². The van der Waals surface area contributed by atoms with Crippen LogP contribution in [0, 0.1) is 12.8 Å². The van der Waals surface area contributed by atoms with Crippen molar-refractivity contribution in [3.05, 3.63) is 22.3 Å². The zero-order valence-electron chi connectivity index (χ0n) is 10.4. The molecule has 1 aromatic heterocycles. The Hall–Kier alpha value is -1.10. The van der Waals surface area contributed by atoms with Crippen molar-refractivity contribution >= 4 is 27.7 Å². The van der Waals surface area contributed by atoms with E-state index in [2.05, 4.69) is 34.8 Å². The molecule has 1 aromatic rings. The Kier molecular flexibility index (Phi) is 4.93. The molecule has 0 unspecified atom stereocenters. The molecule has 17 heavy (non-hydrogen) atoms. The van der Waals surface area contributed by atoms with Crippen LogP contribution in [0.4, 0.5) is 5.82 Å². The molecule has 0 aliphatic heterocycles. The molecule has 1 rings (SSSR count). The minimum Gasteiger partial charge on any atom is -0.368 e. The fraction of sp³-hybridized carbons (Fsp3) is 0.500. The Balaban J connectivity index is 2.94. The highest BCUT2D eigenvalue weighted by atomic mass is 79.9. The standard InChI is InChI=1S/C12H18BrN3O/c1-8(2)6-16(7-11(14)17)12-5-4-10(13)9(3)15-12/h4-5,8H,6-7H2,1-3H3,(H2,14,17). The van der Waals surface area contributed by atoms with Gasteiger partial charge in [0, 0.05) is 11.0 Å². The van der Waals surface area contributed by atoms with E-state index in [9.17, 15) is 4.79 Å². The highest BCUT2D eigenvalue weighted by Gasteiger charge is 2.13. The highest BCUT2D eigenvalue weighted by molar-refractivity contribution is 9.10. The minimum absolute atomic E-state index is 0.201. The number of rotatable bonds is 5. The first-order valence-electron chi connectivity index (χ1n) is 5.56. The topological polar surface area (TPSA) is 59.2 Å². The van der Waals surface area contributed by atoms with E-state index in [1.807, 2.05) is 24.0 Å². The fourth-order valence-corrected chi connectivity index (χ4v) is 1.80. The molecule has 0 radical (unpaired) electrons. The maximum atomic E-state index is 11.1. The van der Waals surface area contributed by atoms with Crippen LogP contribution in [0.3, 0.4) is 0 Å². The minimum atomic E-state index is -0.340. The summed E-state index contributed by atoms with van der Waals surface area (Å²) < 4.78 is 0.963. The lowest BCUT2D eigenvalue weighted by molar-refractivity contribution is -0.116. The van der Waals surface area contributed by atoms with Gasteiger partial charge in [-0.2, -0.15) is 0 Å². The van der Waals surface area contributed by atoms with Crippen LogP contribution in [0.2, 0.25) is 0 Å². The van der Waals surface area contributed by atoms with Gasteiger partial charge in [-0.25, -0.2) is 4.98 Å². The Bertz CT molecular complexity index is 407. The molecule has 0 aromatic carbocycles. The van der Waals surface area contributed by atoms with E-state index in [4.69, 9.17) is 5.73 Å². The molecule has 94 valence electrons. The van der Waals surface area contributed by atoms with Crippen LogP contribution in [0.5, 0.6) is 0 Å². The normalized spacial score (nSPS) is 10.6. The van der Waals surface area contributed by atoms with Crippen molar-refractivity contribution in [2.24, 2.45) is 11.7 Å². The largest absolute Gasteiger partial charge is 0.368 e. The van der Waals surface area contributed by atoms with E-state index in [1.165, 1.54) is 0 Å². The molecule has 0 aliphatic rings. The lowest BCUT2D eigenvalue weighted by Crippen LogP contribution is -2.36. The van der Waals surface area contributed by atoms with E-state index in [-0.39, 0.29) is 12.5 Å². The van der Waals surface area contributed by atoms with Crippen molar-refractivity contribution < 1.29 is 4.79 Å². The molecule has 0 aliphatic carbocycles. The quantitative estimate of drug-likeness (QED) is 0.906. The second kappa shape index (κ2) is 6.00. The first-order chi connectivity index (χ1) is 7.90. The van der Waals surface area contributed by atoms with Gasteiger partial charge < -0.3 is 10.6 Å². The van der Waals surface area contributed by atoms with Crippen molar-refractivity contribution in [2.75, 3.05) is 18.0 Å². The summed E-state index contributed by atoms with van der Waals surface area (Å²) in [5, 5.41) is 0. The molecule has 2 N–H and O–H groups in total. The zero-order chi connectivity index (χ0) is 13.0. The van der Waals surface area contributed by atoms with Gasteiger partial charge in [0.05, 0.1) is 12.2 Å². The van der Waals surface area contributed by atoms with Gasteiger partial charge in [0.2, 0.25) is 5.91 Å². The zero-order valence-corrected chi connectivity index (χ0v) is 12.0. The predicted molar refractivity (Wildman–Crippen MR) is 72.9 cm³/mol. The van der Waals surface area contributed by atoms with Crippen molar-refractivity contribution in [3.63, 3.8) is 0 Å². The van der Waals surface area contributed by atoms with Crippen LogP contribution < -0.4 is 10.6 Å². The summed E-state index contributed by atoms with van der Waals surface area (Å²) in [6, 6.07) is 3.83. The van der Waals surface area contributed by atoms with Gasteiger partial charge in [0.15, 0.2) is 0 Å². The van der Waals surface area contributed by atoms with Crippen LogP contribution >= 0.6 is 15.9 Å². The Morgan fingerprint density at radius 2 is 2.18 bits per heavy atom. The highest BCUT2D eigenvalue weighted by Crippen LogP contribution is 2.19. The van der Waals surface area contributed by atoms with Crippen molar-refractivity contribution in [1.29, 1.82) is 0 Å². The molecular formula is C12H18BrN3O. The molecular weight excluding hydrogens is 282 g/mol. The SMILES string of the molecule is Cc1nc(N(CC(N)=O)CC(C)C)ccc1Br. The summed E-state index contributed by atoms with van der Waals surface area (Å²) in [5.41, 5.74) is 6.16. The Labute approximate surface area is 110 Å². The van der Waals surface area contributed by atoms with E-state index in [0.29, 0.717) is 5.92 Å². The lowest BCUT2D eigenvalue weighted by atomic mass is 10.2. The average molecular weight is 300 g/mol. The summed E-state index contributed by atoms with van der Waals surface area (Å²) in [4.78, 5) is 17.4. The number of nitrogens with zero attached hydrogens (tertiary/aromatic N) is 2. The van der Waals surface area contributed by atoms with E-state index < -0.39 is 0 Å². The summed E-state index contributed by atoms with van der Waals surface area (Å²) >= 11 is 3.41. The van der Waals surface area contributed by atoms with Gasteiger partial charge in [-0.15, -0.1) is 0 Å². The number of anilines is 1. The third-order valence-corrected chi connectivity index (χ3v) is 3.10. The van der Waals surface area contributed by atoms with Crippen LogP contribution in [0.25, 0.3) is 0 Å². The first-order valence-corrected chi connectivity index (χ1v) is 6.36. The second-order valence-corrected chi connectivity index (χ2v) is 5.33. The summed E-state index contributed by atoms with van der Waals surface area (Å²) in [6.07, 6.45) is 0. The number of hydrogen-bond acceptors (Lipinski definition) is 3. The molecule has 0 spiro atoms. The number of primary amides is 1. The number of pyridine rings is 1. The maximum Gasteiger partial charge on any atom is 0.236 e. The summed E-state index contributed by atoms with van der Waals surface area (Å²) in [5.74, 6) is 0.895. The number of nitrogens with two attached hydrogens (primary N) is 1. The Morgan fingerprint density at radius 3 is 2.65 bits per heavy atom. The monoisotopic (exact) mass is 299 g/mol. The van der Waals surface area contributed by atoms with Crippen LogP contribution in [0.15, 0.2) is 16.6 Å². The summed E-state index contributed by atoms with van der Waals surface area (Å²) in [7, 11) is 0. The first kappa shape index (κ1) is 14.0. The molecule has 1 amide bonds. The van der Waals surface area contributed by atoms with Crippen LogP contribution in [-0.2, 0) is 4.79 Å². The smallest absolute Gasteiger partial charge is 0.236 e. The number of aryl methyl sites for hydroxylation is 1. The fourth-order valence-electron chi connectivity index (χ4n) is 1.57. The summed E-state index contributed by atoms with van der Waals surface area (Å²) in [6.45, 7) is 7.08. The Morgan fingerprint density at radius 1 is 1.53 bits per heavy atom. The molecule has 5 heteroatoms. The van der Waals surface area contributed by atoms with Gasteiger partial charge in [-0.3, -0.25) is 4.79 Å². The van der Waals surface area contributed by atoms with Crippen LogP contribution in [0.1, 0.15) is 19.5 Å². The second-order valence-electron chi connectivity index (χ2n) is 4.48. The molecule has 0 saturated carbocycles. The van der Waals surface area contributed by atoms with Gasteiger partial charge in [0.25, 0.3) is 0 Å². The van der Waals surface area contributed by atoms with E-state index >= 15 is 0 Å². The molecule has 0 atom stereocenters. The number of carbonyl (C=O) groups excluding carboxylic acids is 1. The predicted octanol–water partition coefficient (Wildman–Crippen LogP) is 2.10. The third kappa shape index (κ3) is 4.34. The van der Waals surface area contributed by atoms with Gasteiger partial charge >= 0.3 is 0 Å². The molecule has 0 saturated heterocycles. The van der Waals surface area contributed by atoms with Gasteiger partial charge in [0.1, 0.15) is 5.82 Å².